The van der Waals surface area contributed by atoms with Crippen LogP contribution < -0.4 is 5.32 Å². The molecule has 1 amide bonds. The molecule has 0 spiro atoms. The average molecular weight is 385 g/mol. The van der Waals surface area contributed by atoms with Crippen LogP contribution in [0.2, 0.25) is 5.28 Å². The minimum absolute atomic E-state index is 0.109. The van der Waals surface area contributed by atoms with Crippen molar-refractivity contribution in [3.05, 3.63) is 40.9 Å². The van der Waals surface area contributed by atoms with E-state index < -0.39 is 0 Å². The van der Waals surface area contributed by atoms with Gasteiger partial charge >= 0.3 is 0 Å². The number of aryl methyl sites for hydroxylation is 2. The number of para-hydroxylation sites is 1. The molecule has 1 aromatic heterocycles. The molecule has 0 saturated heterocycles. The summed E-state index contributed by atoms with van der Waals surface area (Å²) in [6.07, 6.45) is 7.98. The lowest BCUT2D eigenvalue weighted by Gasteiger charge is -2.60. The van der Waals surface area contributed by atoms with Gasteiger partial charge < -0.3 is 5.32 Å². The fourth-order valence-electron chi connectivity index (χ4n) is 6.48. The van der Waals surface area contributed by atoms with Gasteiger partial charge in [-0.25, -0.2) is 9.67 Å². The molecule has 1 aromatic carbocycles. The first kappa shape index (κ1) is 17.2. The average Bonchev–Trinajstić information content (AvgIpc) is 3.04. The third kappa shape index (κ3) is 2.62. The number of benzene rings is 1. The number of halogens is 1. The fourth-order valence-corrected chi connectivity index (χ4v) is 6.60. The standard InChI is InChI=1S/C21H25ClN4O/c1-13-4-3-5-14(2)17(13)24-18(27)20-7-15-6-16(8-20)10-21(9-15,11-20)26-12-23-19(22)25-26/h3-5,12,15-16H,6-11H2,1-2H3,(H,24,27). The first-order valence-corrected chi connectivity index (χ1v) is 10.2. The molecule has 2 aromatic rings. The van der Waals surface area contributed by atoms with E-state index in [1.54, 1.807) is 6.33 Å². The highest BCUT2D eigenvalue weighted by atomic mass is 35.5. The number of nitrogens with zero attached hydrogens (tertiary/aromatic N) is 3. The Morgan fingerprint density at radius 1 is 1.19 bits per heavy atom. The molecule has 2 unspecified atom stereocenters. The molecule has 6 rings (SSSR count). The van der Waals surface area contributed by atoms with E-state index in [1.165, 1.54) is 6.42 Å². The fraction of sp³-hybridized carbons (Fsp3) is 0.571. The number of aromatic nitrogens is 3. The summed E-state index contributed by atoms with van der Waals surface area (Å²) in [6, 6.07) is 6.15. The van der Waals surface area contributed by atoms with Crippen LogP contribution in [0.4, 0.5) is 5.69 Å². The zero-order valence-electron chi connectivity index (χ0n) is 15.8. The van der Waals surface area contributed by atoms with Crippen molar-refractivity contribution in [3.8, 4) is 0 Å². The van der Waals surface area contributed by atoms with Crippen molar-refractivity contribution in [1.29, 1.82) is 0 Å². The van der Waals surface area contributed by atoms with Crippen molar-refractivity contribution in [3.63, 3.8) is 0 Å². The number of nitrogens with one attached hydrogen (secondary N) is 1. The molecule has 1 heterocycles. The smallest absolute Gasteiger partial charge is 0.242 e. The first-order chi connectivity index (χ1) is 12.9. The van der Waals surface area contributed by atoms with Gasteiger partial charge in [-0.3, -0.25) is 4.79 Å². The van der Waals surface area contributed by atoms with Crippen LogP contribution in [0.15, 0.2) is 24.5 Å². The van der Waals surface area contributed by atoms with Crippen LogP contribution in [0.3, 0.4) is 0 Å². The number of anilines is 1. The Hall–Kier alpha value is -1.88. The Morgan fingerprint density at radius 3 is 2.44 bits per heavy atom. The first-order valence-electron chi connectivity index (χ1n) is 9.85. The molecule has 0 aliphatic heterocycles. The maximum Gasteiger partial charge on any atom is 0.242 e. The molecule has 0 radical (unpaired) electrons. The number of rotatable bonds is 3. The lowest BCUT2D eigenvalue weighted by atomic mass is 9.46. The second-order valence-corrected chi connectivity index (χ2v) is 9.48. The molecule has 1 N–H and O–H groups in total. The lowest BCUT2D eigenvalue weighted by molar-refractivity contribution is -0.150. The maximum atomic E-state index is 13.6. The monoisotopic (exact) mass is 384 g/mol. The Kier molecular flexibility index (Phi) is 3.71. The molecule has 2 atom stereocenters. The maximum absolute atomic E-state index is 13.6. The van der Waals surface area contributed by atoms with Crippen molar-refractivity contribution in [2.45, 2.75) is 57.9 Å². The molecule has 5 nitrogen and oxygen atoms in total. The molecule has 27 heavy (non-hydrogen) atoms. The van der Waals surface area contributed by atoms with Gasteiger partial charge in [-0.2, -0.15) is 0 Å². The van der Waals surface area contributed by atoms with Crippen LogP contribution in [0, 0.1) is 31.1 Å². The lowest BCUT2D eigenvalue weighted by Crippen LogP contribution is -2.60. The van der Waals surface area contributed by atoms with Crippen molar-refractivity contribution < 1.29 is 4.79 Å². The second kappa shape index (κ2) is 5.81. The van der Waals surface area contributed by atoms with Crippen LogP contribution in [0.1, 0.15) is 49.7 Å². The van der Waals surface area contributed by atoms with Gasteiger partial charge in [0.05, 0.1) is 11.0 Å². The van der Waals surface area contributed by atoms with Crippen LogP contribution in [0.5, 0.6) is 0 Å². The SMILES string of the molecule is Cc1cccc(C)c1NC(=O)C12CC3CC(C1)CC(n1cnc(Cl)n1)(C3)C2. The predicted octanol–water partition coefficient (Wildman–Crippen LogP) is 4.48. The summed E-state index contributed by atoms with van der Waals surface area (Å²) in [4.78, 5) is 17.7. The van der Waals surface area contributed by atoms with Gasteiger partial charge in [0.25, 0.3) is 0 Å². The van der Waals surface area contributed by atoms with E-state index in [0.29, 0.717) is 17.1 Å². The van der Waals surface area contributed by atoms with Crippen molar-refractivity contribution >= 4 is 23.2 Å². The van der Waals surface area contributed by atoms with Gasteiger partial charge in [-0.05, 0) is 86.9 Å². The molecular weight excluding hydrogens is 360 g/mol. The minimum Gasteiger partial charge on any atom is -0.325 e. The summed E-state index contributed by atoms with van der Waals surface area (Å²) in [7, 11) is 0. The van der Waals surface area contributed by atoms with Crippen LogP contribution in [-0.2, 0) is 10.3 Å². The van der Waals surface area contributed by atoms with Gasteiger partial charge in [0, 0.05) is 5.69 Å². The van der Waals surface area contributed by atoms with Crippen LogP contribution in [-0.4, -0.2) is 20.7 Å². The molecule has 6 heteroatoms. The molecule has 4 aliphatic rings. The Morgan fingerprint density at radius 2 is 1.85 bits per heavy atom. The largest absolute Gasteiger partial charge is 0.325 e. The summed E-state index contributed by atoms with van der Waals surface area (Å²) in [5, 5.41) is 8.03. The highest BCUT2D eigenvalue weighted by molar-refractivity contribution is 6.28. The van der Waals surface area contributed by atoms with Gasteiger partial charge in [0.1, 0.15) is 6.33 Å². The number of hydrogen-bond acceptors (Lipinski definition) is 3. The predicted molar refractivity (Wildman–Crippen MR) is 105 cm³/mol. The van der Waals surface area contributed by atoms with E-state index in [0.717, 1.165) is 48.9 Å². The van der Waals surface area contributed by atoms with Crippen molar-refractivity contribution in [2.75, 3.05) is 5.32 Å². The van der Waals surface area contributed by atoms with Crippen LogP contribution in [0.25, 0.3) is 0 Å². The number of carbonyl (C=O) groups excluding carboxylic acids is 1. The molecule has 4 aliphatic carbocycles. The Bertz CT molecular complexity index is 886. The quantitative estimate of drug-likeness (QED) is 0.848. The third-order valence-electron chi connectivity index (χ3n) is 7.18. The van der Waals surface area contributed by atoms with E-state index in [-0.39, 0.29) is 16.9 Å². The topological polar surface area (TPSA) is 59.8 Å². The molecule has 4 saturated carbocycles. The summed E-state index contributed by atoms with van der Waals surface area (Å²) < 4.78 is 1.97. The van der Waals surface area contributed by atoms with Crippen molar-refractivity contribution in [1.82, 2.24) is 14.8 Å². The van der Waals surface area contributed by atoms with Crippen molar-refractivity contribution in [2.24, 2.45) is 17.3 Å². The Labute approximate surface area is 164 Å². The van der Waals surface area contributed by atoms with E-state index in [4.69, 9.17) is 11.6 Å². The van der Waals surface area contributed by atoms with Gasteiger partial charge in [0.2, 0.25) is 11.2 Å². The zero-order chi connectivity index (χ0) is 18.8. The molecule has 4 fully saturated rings. The molecule has 4 bridgehead atoms. The van der Waals surface area contributed by atoms with E-state index in [1.807, 2.05) is 10.7 Å². The molecular formula is C21H25ClN4O. The highest BCUT2D eigenvalue weighted by Crippen LogP contribution is 2.64. The summed E-state index contributed by atoms with van der Waals surface area (Å²) in [5.74, 6) is 1.35. The second-order valence-electron chi connectivity index (χ2n) is 9.14. The highest BCUT2D eigenvalue weighted by Gasteiger charge is 2.61. The third-order valence-corrected chi connectivity index (χ3v) is 7.35. The van der Waals surface area contributed by atoms with Gasteiger partial charge in [-0.15, -0.1) is 5.10 Å². The van der Waals surface area contributed by atoms with Crippen LogP contribution >= 0.6 is 11.6 Å². The van der Waals surface area contributed by atoms with Gasteiger partial charge in [-0.1, -0.05) is 18.2 Å². The minimum atomic E-state index is -0.308. The zero-order valence-corrected chi connectivity index (χ0v) is 16.6. The Balaban J connectivity index is 1.50. The number of amides is 1. The number of hydrogen-bond donors (Lipinski definition) is 1. The van der Waals surface area contributed by atoms with E-state index >= 15 is 0 Å². The normalized spacial score (nSPS) is 34.0. The summed E-state index contributed by atoms with van der Waals surface area (Å²) in [5.41, 5.74) is 2.78. The summed E-state index contributed by atoms with van der Waals surface area (Å²) in [6.45, 7) is 4.11. The number of carbonyl (C=O) groups is 1. The summed E-state index contributed by atoms with van der Waals surface area (Å²) >= 11 is 6.02. The van der Waals surface area contributed by atoms with E-state index in [2.05, 4.69) is 41.4 Å². The van der Waals surface area contributed by atoms with E-state index in [9.17, 15) is 4.79 Å². The molecule has 142 valence electrons. The van der Waals surface area contributed by atoms with Gasteiger partial charge in [0.15, 0.2) is 0 Å².